The highest BCUT2D eigenvalue weighted by atomic mass is 14.5. The van der Waals surface area contributed by atoms with Crippen molar-refractivity contribution in [3.8, 4) is 0 Å². The lowest BCUT2D eigenvalue weighted by Crippen LogP contribution is -2.39. The van der Waals surface area contributed by atoms with Gasteiger partial charge >= 0.3 is 0 Å². The molecule has 0 saturated carbocycles. The molecule has 0 saturated heterocycles. The van der Waals surface area contributed by atoms with Crippen molar-refractivity contribution in [2.24, 2.45) is 34.5 Å². The molecule has 0 aromatic rings. The molecule has 0 N–H and O–H groups in total. The molecule has 4 atom stereocenters. The first-order valence-corrected chi connectivity index (χ1v) is 12.5. The molecule has 27 heavy (non-hydrogen) atoms. The highest BCUT2D eigenvalue weighted by Crippen LogP contribution is 2.51. The number of rotatable bonds is 15. The molecule has 0 spiro atoms. The molecular formula is C27H56. The van der Waals surface area contributed by atoms with E-state index in [9.17, 15) is 0 Å². The summed E-state index contributed by atoms with van der Waals surface area (Å²) in [6.45, 7) is 24.4. The molecule has 0 aromatic heterocycles. The Hall–Kier alpha value is 0. The third-order valence-electron chi connectivity index (χ3n) is 7.26. The Balaban J connectivity index is 5.41. The van der Waals surface area contributed by atoms with Gasteiger partial charge in [0.2, 0.25) is 0 Å². The van der Waals surface area contributed by atoms with Gasteiger partial charge in [-0.3, -0.25) is 0 Å². The van der Waals surface area contributed by atoms with E-state index in [-0.39, 0.29) is 0 Å². The number of hydrogen-bond acceptors (Lipinski definition) is 0. The van der Waals surface area contributed by atoms with Crippen molar-refractivity contribution in [1.82, 2.24) is 0 Å². The van der Waals surface area contributed by atoms with Crippen LogP contribution >= 0.6 is 0 Å². The van der Waals surface area contributed by atoms with Crippen LogP contribution in [0.2, 0.25) is 0 Å². The Bertz CT molecular complexity index is 348. The highest BCUT2D eigenvalue weighted by Gasteiger charge is 2.42. The molecule has 0 aliphatic rings. The lowest BCUT2D eigenvalue weighted by Gasteiger charge is -2.48. The van der Waals surface area contributed by atoms with Crippen molar-refractivity contribution in [1.29, 1.82) is 0 Å². The predicted octanol–water partition coefficient (Wildman–Crippen LogP) is 9.91. The Morgan fingerprint density at radius 3 is 1.78 bits per heavy atom. The van der Waals surface area contributed by atoms with Gasteiger partial charge in [0.05, 0.1) is 0 Å². The zero-order chi connectivity index (χ0) is 21.1. The second-order valence-electron chi connectivity index (χ2n) is 11.5. The zero-order valence-electron chi connectivity index (χ0n) is 21.1. The van der Waals surface area contributed by atoms with Crippen LogP contribution in [-0.2, 0) is 0 Å². The van der Waals surface area contributed by atoms with Gasteiger partial charge in [-0.2, -0.15) is 0 Å². The lowest BCUT2D eigenvalue weighted by molar-refractivity contribution is 0.0159. The normalized spacial score (nSPS) is 18.3. The smallest absolute Gasteiger partial charge is 0.0241 e. The maximum atomic E-state index is 2.60. The summed E-state index contributed by atoms with van der Waals surface area (Å²) in [5.41, 5.74) is 1.05. The van der Waals surface area contributed by atoms with E-state index in [2.05, 4.69) is 69.2 Å². The van der Waals surface area contributed by atoms with Crippen LogP contribution in [0.25, 0.3) is 0 Å². The van der Waals surface area contributed by atoms with E-state index in [1.807, 2.05) is 0 Å². The topological polar surface area (TPSA) is 0 Å². The number of hydrogen-bond donors (Lipinski definition) is 0. The third-order valence-corrected chi connectivity index (χ3v) is 7.26. The molecule has 4 unspecified atom stereocenters. The molecule has 0 fully saturated rings. The quantitative estimate of drug-likeness (QED) is 0.248. The summed E-state index contributed by atoms with van der Waals surface area (Å²) < 4.78 is 0. The SMILES string of the molecule is CCCC(C)C(CCCCCC(C)(C)C)(CC(C)CC)C(CC)CC(C)C. The molecule has 0 aliphatic carbocycles. The van der Waals surface area contributed by atoms with Gasteiger partial charge in [-0.1, -0.05) is 114 Å². The first-order chi connectivity index (χ1) is 12.5. The Labute approximate surface area is 174 Å². The van der Waals surface area contributed by atoms with Gasteiger partial charge < -0.3 is 0 Å². The number of unbranched alkanes of at least 4 members (excludes halogenated alkanes) is 2. The van der Waals surface area contributed by atoms with Crippen molar-refractivity contribution in [2.45, 2.75) is 140 Å². The van der Waals surface area contributed by atoms with Crippen molar-refractivity contribution in [2.75, 3.05) is 0 Å². The molecule has 0 bridgehead atoms. The van der Waals surface area contributed by atoms with E-state index < -0.39 is 0 Å². The molecule has 0 heteroatoms. The predicted molar refractivity (Wildman–Crippen MR) is 126 cm³/mol. The summed E-state index contributed by atoms with van der Waals surface area (Å²) in [6, 6.07) is 0. The van der Waals surface area contributed by atoms with E-state index in [1.165, 1.54) is 70.6 Å². The maximum absolute atomic E-state index is 2.60. The minimum absolute atomic E-state index is 0.493. The van der Waals surface area contributed by atoms with Gasteiger partial charge in [0.25, 0.3) is 0 Å². The average Bonchev–Trinajstić information content (AvgIpc) is 2.57. The molecule has 0 amide bonds. The van der Waals surface area contributed by atoms with Crippen molar-refractivity contribution in [3.63, 3.8) is 0 Å². The summed E-state index contributed by atoms with van der Waals surface area (Å²) in [5, 5.41) is 0. The van der Waals surface area contributed by atoms with Crippen molar-refractivity contribution in [3.05, 3.63) is 0 Å². The summed E-state index contributed by atoms with van der Waals surface area (Å²) in [4.78, 5) is 0. The average molecular weight is 381 g/mol. The summed E-state index contributed by atoms with van der Waals surface area (Å²) >= 11 is 0. The minimum Gasteiger partial charge on any atom is -0.0654 e. The van der Waals surface area contributed by atoms with Gasteiger partial charge in [0.15, 0.2) is 0 Å². The molecule has 0 radical (unpaired) electrons. The summed E-state index contributed by atoms with van der Waals surface area (Å²) in [6.07, 6.45) is 15.4. The van der Waals surface area contributed by atoms with Crippen LogP contribution in [0.1, 0.15) is 140 Å². The fraction of sp³-hybridized carbons (Fsp3) is 1.00. The Kier molecular flexibility index (Phi) is 13.3. The molecule has 0 aliphatic heterocycles. The largest absolute Gasteiger partial charge is 0.0654 e. The second-order valence-corrected chi connectivity index (χ2v) is 11.5. The van der Waals surface area contributed by atoms with E-state index in [0.29, 0.717) is 10.8 Å². The minimum atomic E-state index is 0.493. The van der Waals surface area contributed by atoms with E-state index >= 15 is 0 Å². The van der Waals surface area contributed by atoms with Crippen molar-refractivity contribution >= 4 is 0 Å². The summed E-state index contributed by atoms with van der Waals surface area (Å²) in [7, 11) is 0. The zero-order valence-corrected chi connectivity index (χ0v) is 21.1. The van der Waals surface area contributed by atoms with Crippen LogP contribution in [0.4, 0.5) is 0 Å². The third kappa shape index (κ3) is 10.4. The fourth-order valence-electron chi connectivity index (χ4n) is 5.50. The van der Waals surface area contributed by atoms with Gasteiger partial charge in [0.1, 0.15) is 0 Å². The van der Waals surface area contributed by atoms with Gasteiger partial charge in [-0.05, 0) is 60.2 Å². The van der Waals surface area contributed by atoms with Crippen molar-refractivity contribution < 1.29 is 0 Å². The standard InChI is InChI=1S/C27H56/c1-11-17-24(7)27(21-23(6)12-2,25(13-3)20-22(4)5)19-16-14-15-18-26(8,9)10/h22-25H,11-21H2,1-10H3. The summed E-state index contributed by atoms with van der Waals surface area (Å²) in [5.74, 6) is 3.44. The molecule has 164 valence electrons. The van der Waals surface area contributed by atoms with E-state index in [4.69, 9.17) is 0 Å². The Morgan fingerprint density at radius 1 is 0.741 bits per heavy atom. The first kappa shape index (κ1) is 27.0. The fourth-order valence-corrected chi connectivity index (χ4v) is 5.50. The molecule has 0 nitrogen and oxygen atoms in total. The molecular weight excluding hydrogens is 324 g/mol. The maximum Gasteiger partial charge on any atom is -0.0241 e. The second kappa shape index (κ2) is 13.3. The molecule has 0 aromatic carbocycles. The van der Waals surface area contributed by atoms with Gasteiger partial charge in [0, 0.05) is 0 Å². The monoisotopic (exact) mass is 380 g/mol. The van der Waals surface area contributed by atoms with E-state index in [1.54, 1.807) is 0 Å². The van der Waals surface area contributed by atoms with Gasteiger partial charge in [-0.15, -0.1) is 0 Å². The van der Waals surface area contributed by atoms with E-state index in [0.717, 1.165) is 23.7 Å². The lowest BCUT2D eigenvalue weighted by atomic mass is 9.57. The van der Waals surface area contributed by atoms with Crippen LogP contribution in [0.15, 0.2) is 0 Å². The molecule has 0 rings (SSSR count). The van der Waals surface area contributed by atoms with Crippen LogP contribution in [0.5, 0.6) is 0 Å². The first-order valence-electron chi connectivity index (χ1n) is 12.5. The van der Waals surface area contributed by atoms with Crippen LogP contribution < -0.4 is 0 Å². The van der Waals surface area contributed by atoms with Crippen LogP contribution in [0.3, 0.4) is 0 Å². The van der Waals surface area contributed by atoms with Crippen LogP contribution in [0, 0.1) is 34.5 Å². The Morgan fingerprint density at radius 2 is 1.33 bits per heavy atom. The van der Waals surface area contributed by atoms with Gasteiger partial charge in [-0.25, -0.2) is 0 Å². The molecule has 0 heterocycles. The highest BCUT2D eigenvalue weighted by molar-refractivity contribution is 4.92. The van der Waals surface area contributed by atoms with Crippen LogP contribution in [-0.4, -0.2) is 0 Å².